The number of thiazole rings is 1. The third kappa shape index (κ3) is 6.44. The van der Waals surface area contributed by atoms with E-state index in [1.165, 1.54) is 23.3 Å². The Morgan fingerprint density at radius 1 is 1.03 bits per heavy atom. The van der Waals surface area contributed by atoms with Gasteiger partial charge in [-0.05, 0) is 67.6 Å². The first-order valence-corrected chi connectivity index (χ1v) is 12.6. The van der Waals surface area contributed by atoms with Gasteiger partial charge in [0.2, 0.25) is 0 Å². The summed E-state index contributed by atoms with van der Waals surface area (Å²) in [6, 6.07) is 12.2. The zero-order chi connectivity index (χ0) is 24.5. The zero-order valence-electron chi connectivity index (χ0n) is 20.7. The van der Waals surface area contributed by atoms with Crippen molar-refractivity contribution >= 4 is 27.4 Å². The van der Waals surface area contributed by atoms with Gasteiger partial charge < -0.3 is 15.2 Å². The van der Waals surface area contributed by atoms with Crippen molar-refractivity contribution in [3.05, 3.63) is 59.7 Å². The number of hydrogen-bond acceptors (Lipinski definition) is 7. The highest BCUT2D eigenvalue weighted by atomic mass is 32.1. The summed E-state index contributed by atoms with van der Waals surface area (Å²) in [5.74, 6) is 2.50. The molecule has 2 heterocycles. The summed E-state index contributed by atoms with van der Waals surface area (Å²) in [6.45, 7) is 8.93. The zero-order valence-corrected chi connectivity index (χ0v) is 21.5. The number of nitrogen functional groups attached to an aromatic ring is 1. The average molecular weight is 479 g/mol. The molecule has 0 saturated heterocycles. The Kier molecular flexibility index (Phi) is 9.22. The molecule has 0 unspecified atom stereocenters. The molecule has 4 rings (SSSR count). The minimum atomic E-state index is 0.583. The number of rotatable bonds is 8. The van der Waals surface area contributed by atoms with Crippen LogP contribution in [0.2, 0.25) is 0 Å². The van der Waals surface area contributed by atoms with E-state index in [0.717, 1.165) is 63.6 Å². The van der Waals surface area contributed by atoms with Crippen molar-refractivity contribution in [3.8, 4) is 21.9 Å². The van der Waals surface area contributed by atoms with E-state index in [1.54, 1.807) is 7.11 Å². The molecule has 0 saturated carbocycles. The summed E-state index contributed by atoms with van der Waals surface area (Å²) in [5.41, 5.74) is 10.0. The first-order chi connectivity index (χ1) is 16.5. The van der Waals surface area contributed by atoms with Crippen molar-refractivity contribution in [1.29, 1.82) is 0 Å². The number of ether oxygens (including phenoxy) is 2. The third-order valence-electron chi connectivity index (χ3n) is 5.16. The first kappa shape index (κ1) is 25.4. The van der Waals surface area contributed by atoms with Crippen LogP contribution >= 0.6 is 11.3 Å². The van der Waals surface area contributed by atoms with Crippen molar-refractivity contribution in [1.82, 2.24) is 15.0 Å². The van der Waals surface area contributed by atoms with Crippen molar-refractivity contribution in [2.24, 2.45) is 0 Å². The Labute approximate surface area is 206 Å². The van der Waals surface area contributed by atoms with E-state index in [4.69, 9.17) is 15.2 Å². The number of nitrogens with two attached hydrogens (primary N) is 1. The van der Waals surface area contributed by atoms with E-state index < -0.39 is 0 Å². The van der Waals surface area contributed by atoms with Crippen LogP contribution in [0, 0.1) is 6.92 Å². The summed E-state index contributed by atoms with van der Waals surface area (Å²) >= 11 is 1.50. The molecule has 4 aromatic rings. The van der Waals surface area contributed by atoms with Crippen LogP contribution in [0.25, 0.3) is 21.3 Å². The minimum Gasteiger partial charge on any atom is -0.497 e. The molecule has 2 aromatic heterocycles. The first-order valence-electron chi connectivity index (χ1n) is 11.8. The summed E-state index contributed by atoms with van der Waals surface area (Å²) in [4.78, 5) is 14.4. The molecule has 7 heteroatoms. The molecule has 180 valence electrons. The third-order valence-corrected chi connectivity index (χ3v) is 6.04. The van der Waals surface area contributed by atoms with E-state index >= 15 is 0 Å². The number of aromatic nitrogens is 3. The highest BCUT2D eigenvalue weighted by Crippen LogP contribution is 2.31. The number of hydrogen-bond donors (Lipinski definition) is 1. The van der Waals surface area contributed by atoms with E-state index in [-0.39, 0.29) is 0 Å². The minimum absolute atomic E-state index is 0.583. The molecule has 0 aliphatic carbocycles. The molecule has 0 aliphatic rings. The maximum Gasteiger partial charge on any atom is 0.180 e. The standard InChI is InChI=1S/C24H26N4O2S.C3H8/c1-4-16-12-17(23-14-26-24(25)31-23)7-10-22(16)30-11-5-6-20-19-9-8-18(29-3)13-21(19)28-15(2)27-20;1-3-2/h7-10,12-14H,4-6,11H2,1-3H3,(H2,25,26);3H2,1-2H3. The normalized spacial score (nSPS) is 10.6. The fourth-order valence-corrected chi connectivity index (χ4v) is 4.29. The summed E-state index contributed by atoms with van der Waals surface area (Å²) in [6.07, 6.45) is 5.66. The van der Waals surface area contributed by atoms with Gasteiger partial charge in [-0.15, -0.1) is 0 Å². The van der Waals surface area contributed by atoms with Crippen molar-refractivity contribution in [3.63, 3.8) is 0 Å². The number of benzene rings is 2. The number of methoxy groups -OCH3 is 1. The molecule has 0 bridgehead atoms. The molecule has 0 atom stereocenters. The lowest BCUT2D eigenvalue weighted by Gasteiger charge is -2.12. The lowest BCUT2D eigenvalue weighted by molar-refractivity contribution is 0.308. The van der Waals surface area contributed by atoms with Crippen LogP contribution in [0.5, 0.6) is 11.5 Å². The van der Waals surface area contributed by atoms with E-state index in [2.05, 4.69) is 47.9 Å². The lowest BCUT2D eigenvalue weighted by Crippen LogP contribution is -2.04. The SMILES string of the molecule is CCC.CCc1cc(-c2cnc(N)s2)ccc1OCCCc1nc(C)nc2cc(OC)ccc12. The van der Waals surface area contributed by atoms with Crippen LogP contribution in [0.1, 0.15) is 50.7 Å². The van der Waals surface area contributed by atoms with Crippen LogP contribution in [-0.4, -0.2) is 28.7 Å². The molecule has 2 N–H and O–H groups in total. The summed E-state index contributed by atoms with van der Waals surface area (Å²) < 4.78 is 11.4. The smallest absolute Gasteiger partial charge is 0.180 e. The fourth-order valence-electron chi connectivity index (χ4n) is 3.61. The number of nitrogens with zero attached hydrogens (tertiary/aromatic N) is 3. The Bertz CT molecular complexity index is 1220. The monoisotopic (exact) mass is 478 g/mol. The molecule has 0 spiro atoms. The van der Waals surface area contributed by atoms with Gasteiger partial charge in [0.25, 0.3) is 0 Å². The predicted molar refractivity (Wildman–Crippen MR) is 142 cm³/mol. The Morgan fingerprint density at radius 2 is 1.82 bits per heavy atom. The molecule has 0 aliphatic heterocycles. The quantitative estimate of drug-likeness (QED) is 0.286. The Balaban J connectivity index is 0.00000103. The van der Waals surface area contributed by atoms with Crippen molar-refractivity contribution in [2.45, 2.75) is 53.4 Å². The average Bonchev–Trinajstić information content (AvgIpc) is 3.27. The maximum absolute atomic E-state index is 6.12. The summed E-state index contributed by atoms with van der Waals surface area (Å²) in [5, 5.41) is 1.65. The summed E-state index contributed by atoms with van der Waals surface area (Å²) in [7, 11) is 1.66. The van der Waals surface area contributed by atoms with Crippen molar-refractivity contribution < 1.29 is 9.47 Å². The lowest BCUT2D eigenvalue weighted by atomic mass is 10.1. The number of aryl methyl sites for hydroxylation is 3. The van der Waals surface area contributed by atoms with Gasteiger partial charge in [0, 0.05) is 17.6 Å². The van der Waals surface area contributed by atoms with E-state index in [9.17, 15) is 0 Å². The Morgan fingerprint density at radius 3 is 2.50 bits per heavy atom. The number of fused-ring (bicyclic) bond motifs is 1. The highest BCUT2D eigenvalue weighted by Gasteiger charge is 2.10. The Hall–Kier alpha value is -3.19. The largest absolute Gasteiger partial charge is 0.497 e. The van der Waals surface area contributed by atoms with Gasteiger partial charge in [0.1, 0.15) is 17.3 Å². The molecular formula is C27H34N4O2S. The van der Waals surface area contributed by atoms with Gasteiger partial charge in [-0.25, -0.2) is 15.0 Å². The van der Waals surface area contributed by atoms with Gasteiger partial charge in [-0.1, -0.05) is 38.5 Å². The van der Waals surface area contributed by atoms with Crippen molar-refractivity contribution in [2.75, 3.05) is 19.5 Å². The van der Waals surface area contributed by atoms with Gasteiger partial charge in [0.05, 0.1) is 29.8 Å². The molecule has 0 fully saturated rings. The van der Waals surface area contributed by atoms with Crippen LogP contribution in [-0.2, 0) is 12.8 Å². The van der Waals surface area contributed by atoms with Gasteiger partial charge >= 0.3 is 0 Å². The molecular weight excluding hydrogens is 444 g/mol. The van der Waals surface area contributed by atoms with E-state index in [0.29, 0.717) is 11.7 Å². The maximum atomic E-state index is 6.12. The topological polar surface area (TPSA) is 83.2 Å². The number of anilines is 1. The second-order valence-corrected chi connectivity index (χ2v) is 9.06. The van der Waals surface area contributed by atoms with Gasteiger partial charge in [0.15, 0.2) is 5.13 Å². The fraction of sp³-hybridized carbons (Fsp3) is 0.370. The molecule has 0 amide bonds. The van der Waals surface area contributed by atoms with Crippen LogP contribution in [0.3, 0.4) is 0 Å². The predicted octanol–water partition coefficient (Wildman–Crippen LogP) is 6.64. The van der Waals surface area contributed by atoms with E-state index in [1.807, 2.05) is 37.4 Å². The molecule has 0 radical (unpaired) electrons. The molecule has 6 nitrogen and oxygen atoms in total. The second-order valence-electron chi connectivity index (χ2n) is 8.00. The molecule has 2 aromatic carbocycles. The van der Waals surface area contributed by atoms with Crippen LogP contribution < -0.4 is 15.2 Å². The second kappa shape index (κ2) is 12.3. The highest BCUT2D eigenvalue weighted by molar-refractivity contribution is 7.18. The molecule has 34 heavy (non-hydrogen) atoms. The van der Waals surface area contributed by atoms with Crippen LogP contribution in [0.4, 0.5) is 5.13 Å². The van der Waals surface area contributed by atoms with Crippen LogP contribution in [0.15, 0.2) is 42.6 Å². The van der Waals surface area contributed by atoms with Gasteiger partial charge in [-0.2, -0.15) is 0 Å². The van der Waals surface area contributed by atoms with Gasteiger partial charge in [-0.3, -0.25) is 0 Å².